The fourth-order valence-electron chi connectivity index (χ4n) is 4.55. The van der Waals surface area contributed by atoms with E-state index in [1.54, 1.807) is 0 Å². The molecule has 1 heterocycles. The van der Waals surface area contributed by atoms with Gasteiger partial charge in [-0.1, -0.05) is 25.7 Å². The summed E-state index contributed by atoms with van der Waals surface area (Å²) in [4.78, 5) is 2.73. The van der Waals surface area contributed by atoms with Crippen LogP contribution in [-0.4, -0.2) is 48.3 Å². The fraction of sp³-hybridized carbons (Fsp3) is 1.00. The van der Waals surface area contributed by atoms with Gasteiger partial charge in [-0.25, -0.2) is 0 Å². The van der Waals surface area contributed by atoms with E-state index in [4.69, 9.17) is 0 Å². The second-order valence-electron chi connectivity index (χ2n) is 7.76. The second-order valence-corrected chi connectivity index (χ2v) is 7.76. The molecule has 3 heteroatoms. The Balaban J connectivity index is 1.47. The number of hydrogen-bond acceptors (Lipinski definition) is 3. The third-order valence-electron chi connectivity index (χ3n) is 6.11. The molecule has 0 bridgehead atoms. The lowest BCUT2D eigenvalue weighted by Crippen LogP contribution is -2.55. The number of nitrogens with one attached hydrogen (secondary N) is 1. The van der Waals surface area contributed by atoms with Crippen LogP contribution in [0, 0.1) is 11.8 Å². The molecule has 3 nitrogen and oxygen atoms in total. The number of likely N-dealkylation sites (tertiary alicyclic amines) is 1. The highest BCUT2D eigenvalue weighted by atomic mass is 16.3. The molecule has 2 saturated carbocycles. The molecule has 1 saturated heterocycles. The average Bonchev–Trinajstić information content (AvgIpc) is 2.45. The van der Waals surface area contributed by atoms with Crippen molar-refractivity contribution in [3.05, 3.63) is 0 Å². The van der Waals surface area contributed by atoms with Crippen LogP contribution in [0.15, 0.2) is 0 Å². The standard InChI is InChI=1S/C18H34N2O/c21-10-9-16-11-17(14-20(13-16)18-7-4-8-18)19-12-15-5-2-1-3-6-15/h15-19,21H,1-14H2. The van der Waals surface area contributed by atoms with Gasteiger partial charge in [-0.3, -0.25) is 4.90 Å². The van der Waals surface area contributed by atoms with Crippen molar-refractivity contribution in [1.29, 1.82) is 0 Å². The minimum Gasteiger partial charge on any atom is -0.396 e. The number of aliphatic hydroxyl groups excluding tert-OH is 1. The van der Waals surface area contributed by atoms with Gasteiger partial charge in [-0.15, -0.1) is 0 Å². The van der Waals surface area contributed by atoms with Crippen molar-refractivity contribution in [3.63, 3.8) is 0 Å². The Kier molecular flexibility index (Phi) is 5.96. The third kappa shape index (κ3) is 4.43. The van der Waals surface area contributed by atoms with E-state index in [-0.39, 0.29) is 0 Å². The molecule has 0 aromatic heterocycles. The quantitative estimate of drug-likeness (QED) is 0.791. The highest BCUT2D eigenvalue weighted by Crippen LogP contribution is 2.30. The molecule has 2 aliphatic carbocycles. The van der Waals surface area contributed by atoms with Gasteiger partial charge in [0.2, 0.25) is 0 Å². The van der Waals surface area contributed by atoms with Crippen molar-refractivity contribution < 1.29 is 5.11 Å². The van der Waals surface area contributed by atoms with E-state index in [2.05, 4.69) is 10.2 Å². The Labute approximate surface area is 130 Å². The Morgan fingerprint density at radius 1 is 0.905 bits per heavy atom. The van der Waals surface area contributed by atoms with Crippen molar-refractivity contribution in [1.82, 2.24) is 10.2 Å². The monoisotopic (exact) mass is 294 g/mol. The number of aliphatic hydroxyl groups is 1. The van der Waals surface area contributed by atoms with Crippen molar-refractivity contribution in [2.45, 2.75) is 76.3 Å². The van der Waals surface area contributed by atoms with Crippen LogP contribution < -0.4 is 5.32 Å². The summed E-state index contributed by atoms with van der Waals surface area (Å²) < 4.78 is 0. The molecule has 0 aromatic carbocycles. The molecule has 2 N–H and O–H groups in total. The van der Waals surface area contributed by atoms with E-state index >= 15 is 0 Å². The van der Waals surface area contributed by atoms with Crippen molar-refractivity contribution in [2.75, 3.05) is 26.2 Å². The highest BCUT2D eigenvalue weighted by molar-refractivity contribution is 4.90. The lowest BCUT2D eigenvalue weighted by molar-refractivity contribution is 0.0495. The first-order valence-electron chi connectivity index (χ1n) is 9.43. The highest BCUT2D eigenvalue weighted by Gasteiger charge is 2.33. The van der Waals surface area contributed by atoms with E-state index in [1.165, 1.54) is 77.4 Å². The average molecular weight is 294 g/mol. The SMILES string of the molecule is OCCC1CC(NCC2CCCCC2)CN(C2CCC2)C1. The topological polar surface area (TPSA) is 35.5 Å². The van der Waals surface area contributed by atoms with Crippen molar-refractivity contribution >= 4 is 0 Å². The molecular weight excluding hydrogens is 260 g/mol. The summed E-state index contributed by atoms with van der Waals surface area (Å²) in [6.45, 7) is 4.07. The van der Waals surface area contributed by atoms with Crippen molar-refractivity contribution in [2.24, 2.45) is 11.8 Å². The van der Waals surface area contributed by atoms with Crippen molar-refractivity contribution in [3.8, 4) is 0 Å². The van der Waals surface area contributed by atoms with Gasteiger partial charge in [0.25, 0.3) is 0 Å². The molecule has 1 aliphatic heterocycles. The Morgan fingerprint density at radius 3 is 2.38 bits per heavy atom. The lowest BCUT2D eigenvalue weighted by Gasteiger charge is -2.45. The smallest absolute Gasteiger partial charge is 0.0434 e. The van der Waals surface area contributed by atoms with Gasteiger partial charge in [0.15, 0.2) is 0 Å². The normalized spacial score (nSPS) is 33.0. The van der Waals surface area contributed by atoms with Crippen LogP contribution in [0.3, 0.4) is 0 Å². The molecule has 3 rings (SSSR count). The molecule has 3 fully saturated rings. The first-order valence-corrected chi connectivity index (χ1v) is 9.43. The largest absolute Gasteiger partial charge is 0.396 e. The van der Waals surface area contributed by atoms with Crippen LogP contribution >= 0.6 is 0 Å². The fourth-order valence-corrected chi connectivity index (χ4v) is 4.55. The summed E-state index contributed by atoms with van der Waals surface area (Å²) in [7, 11) is 0. The Bertz CT molecular complexity index is 300. The molecule has 2 atom stereocenters. The molecule has 2 unspecified atom stereocenters. The molecular formula is C18H34N2O. The lowest BCUT2D eigenvalue weighted by atomic mass is 9.85. The predicted octanol–water partition coefficient (Wildman–Crippen LogP) is 2.78. The van der Waals surface area contributed by atoms with Crippen LogP contribution in [-0.2, 0) is 0 Å². The van der Waals surface area contributed by atoms with Crippen LogP contribution in [0.4, 0.5) is 0 Å². The predicted molar refractivity (Wildman–Crippen MR) is 87.4 cm³/mol. The second kappa shape index (κ2) is 7.94. The van der Waals surface area contributed by atoms with Crippen LogP contribution in [0.1, 0.15) is 64.2 Å². The summed E-state index contributed by atoms with van der Waals surface area (Å²) in [5.41, 5.74) is 0. The zero-order chi connectivity index (χ0) is 14.5. The molecule has 0 radical (unpaired) electrons. The van der Waals surface area contributed by atoms with Gasteiger partial charge in [0, 0.05) is 31.8 Å². The summed E-state index contributed by atoms with van der Waals surface area (Å²) in [5.74, 6) is 1.63. The first-order chi connectivity index (χ1) is 10.3. The summed E-state index contributed by atoms with van der Waals surface area (Å²) >= 11 is 0. The van der Waals surface area contributed by atoms with Gasteiger partial charge in [0.05, 0.1) is 0 Å². The van der Waals surface area contributed by atoms with Gasteiger partial charge in [-0.2, -0.15) is 0 Å². The number of hydrogen-bond donors (Lipinski definition) is 2. The summed E-state index contributed by atoms with van der Waals surface area (Å²) in [6.07, 6.45) is 13.7. The third-order valence-corrected chi connectivity index (χ3v) is 6.11. The maximum absolute atomic E-state index is 9.30. The molecule has 0 aromatic rings. The first kappa shape index (κ1) is 15.8. The molecule has 3 aliphatic rings. The van der Waals surface area contributed by atoms with E-state index in [1.807, 2.05) is 0 Å². The molecule has 122 valence electrons. The number of nitrogens with zero attached hydrogens (tertiary/aromatic N) is 1. The maximum atomic E-state index is 9.30. The minimum atomic E-state index is 0.360. The van der Waals surface area contributed by atoms with E-state index in [0.29, 0.717) is 18.6 Å². The summed E-state index contributed by atoms with van der Waals surface area (Å²) in [6, 6.07) is 1.52. The van der Waals surface area contributed by atoms with Gasteiger partial charge in [0.1, 0.15) is 0 Å². The zero-order valence-corrected chi connectivity index (χ0v) is 13.6. The molecule has 0 spiro atoms. The molecule has 0 amide bonds. The van der Waals surface area contributed by atoms with E-state index in [0.717, 1.165) is 18.4 Å². The van der Waals surface area contributed by atoms with Crippen LogP contribution in [0.5, 0.6) is 0 Å². The van der Waals surface area contributed by atoms with Crippen LogP contribution in [0.25, 0.3) is 0 Å². The maximum Gasteiger partial charge on any atom is 0.0434 e. The number of rotatable bonds is 6. The van der Waals surface area contributed by atoms with Gasteiger partial charge in [-0.05, 0) is 56.9 Å². The van der Waals surface area contributed by atoms with Gasteiger partial charge < -0.3 is 10.4 Å². The number of piperidine rings is 1. The van der Waals surface area contributed by atoms with E-state index in [9.17, 15) is 5.11 Å². The summed E-state index contributed by atoms with van der Waals surface area (Å²) in [5, 5.41) is 13.2. The molecule has 21 heavy (non-hydrogen) atoms. The minimum absolute atomic E-state index is 0.360. The Hall–Kier alpha value is -0.120. The Morgan fingerprint density at radius 2 is 1.71 bits per heavy atom. The zero-order valence-electron chi connectivity index (χ0n) is 13.6. The van der Waals surface area contributed by atoms with Gasteiger partial charge >= 0.3 is 0 Å². The van der Waals surface area contributed by atoms with Crippen LogP contribution in [0.2, 0.25) is 0 Å². The van der Waals surface area contributed by atoms with E-state index < -0.39 is 0 Å².